The van der Waals surface area contributed by atoms with Crippen LogP contribution in [0, 0.1) is 0 Å². The van der Waals surface area contributed by atoms with Gasteiger partial charge in [0.25, 0.3) is 5.91 Å². The number of anilines is 1. The van der Waals surface area contributed by atoms with Crippen molar-refractivity contribution < 1.29 is 14.7 Å². The van der Waals surface area contributed by atoms with E-state index in [1.165, 1.54) is 11.0 Å². The molecule has 1 amide bonds. The number of halogens is 1. The van der Waals surface area contributed by atoms with Crippen molar-refractivity contribution in [2.75, 3.05) is 11.4 Å². The molecule has 1 aliphatic rings. The van der Waals surface area contributed by atoms with Crippen LogP contribution in [0.3, 0.4) is 0 Å². The third kappa shape index (κ3) is 2.64. The highest BCUT2D eigenvalue weighted by molar-refractivity contribution is 6.31. The van der Waals surface area contributed by atoms with E-state index in [0.717, 1.165) is 0 Å². The Kier molecular flexibility index (Phi) is 4.26. The van der Waals surface area contributed by atoms with E-state index >= 15 is 0 Å². The first-order valence-corrected chi connectivity index (χ1v) is 7.88. The van der Waals surface area contributed by atoms with Crippen LogP contribution in [-0.2, 0) is 10.4 Å². The Morgan fingerprint density at radius 3 is 2.62 bits per heavy atom. The smallest absolute Gasteiger partial charge is 0.264 e. The number of Topliss-reactive ketones (excluding diaryl/α,β-unsaturated/α-hetero) is 1. The van der Waals surface area contributed by atoms with Crippen LogP contribution in [0.4, 0.5) is 5.69 Å². The average Bonchev–Trinajstić information content (AvgIpc) is 2.78. The zero-order valence-electron chi connectivity index (χ0n) is 12.9. The number of amides is 1. The molecular formula is C19H16ClNO3. The summed E-state index contributed by atoms with van der Waals surface area (Å²) in [7, 11) is 0. The van der Waals surface area contributed by atoms with Gasteiger partial charge in [-0.3, -0.25) is 9.59 Å². The third-order valence-electron chi connectivity index (χ3n) is 4.12. The van der Waals surface area contributed by atoms with Gasteiger partial charge in [-0.1, -0.05) is 48.0 Å². The van der Waals surface area contributed by atoms with E-state index in [4.69, 9.17) is 11.6 Å². The average molecular weight is 342 g/mol. The Hall–Kier alpha value is -2.43. The second-order valence-electron chi connectivity index (χ2n) is 5.69. The summed E-state index contributed by atoms with van der Waals surface area (Å²) in [6, 6.07) is 13.4. The number of rotatable bonds is 5. The van der Waals surface area contributed by atoms with E-state index in [1.807, 2.05) is 0 Å². The van der Waals surface area contributed by atoms with Gasteiger partial charge in [0.2, 0.25) is 0 Å². The maximum Gasteiger partial charge on any atom is 0.264 e. The molecule has 0 unspecified atom stereocenters. The van der Waals surface area contributed by atoms with Crippen LogP contribution in [0.25, 0.3) is 0 Å². The van der Waals surface area contributed by atoms with E-state index in [-0.39, 0.29) is 18.7 Å². The molecule has 0 radical (unpaired) electrons. The van der Waals surface area contributed by atoms with Gasteiger partial charge >= 0.3 is 0 Å². The van der Waals surface area contributed by atoms with Crippen LogP contribution in [0.2, 0.25) is 5.02 Å². The number of carbonyl (C=O) groups excluding carboxylic acids is 2. The maximum atomic E-state index is 12.8. The van der Waals surface area contributed by atoms with Crippen molar-refractivity contribution in [3.8, 4) is 0 Å². The lowest BCUT2D eigenvalue weighted by atomic mass is 9.88. The third-order valence-corrected chi connectivity index (χ3v) is 4.35. The molecule has 0 saturated carbocycles. The minimum atomic E-state index is -1.92. The fourth-order valence-electron chi connectivity index (χ4n) is 2.96. The van der Waals surface area contributed by atoms with Gasteiger partial charge < -0.3 is 10.0 Å². The molecule has 0 fully saturated rings. The van der Waals surface area contributed by atoms with Crippen molar-refractivity contribution in [2.24, 2.45) is 0 Å². The summed E-state index contributed by atoms with van der Waals surface area (Å²) in [6.07, 6.45) is 1.23. The molecule has 122 valence electrons. The summed E-state index contributed by atoms with van der Waals surface area (Å²) in [4.78, 5) is 26.7. The van der Waals surface area contributed by atoms with Crippen LogP contribution in [0.5, 0.6) is 0 Å². The van der Waals surface area contributed by atoms with E-state index < -0.39 is 11.5 Å². The number of carbonyl (C=O) groups is 2. The number of aliphatic hydroxyl groups is 1. The van der Waals surface area contributed by atoms with Gasteiger partial charge in [0, 0.05) is 22.7 Å². The van der Waals surface area contributed by atoms with Crippen molar-refractivity contribution in [1.29, 1.82) is 0 Å². The zero-order chi connectivity index (χ0) is 17.3. The van der Waals surface area contributed by atoms with Crippen LogP contribution in [-0.4, -0.2) is 23.3 Å². The summed E-state index contributed by atoms with van der Waals surface area (Å²) in [5, 5.41) is 11.5. The molecule has 1 N–H and O–H groups in total. The minimum Gasteiger partial charge on any atom is -0.375 e. The van der Waals surface area contributed by atoms with Crippen molar-refractivity contribution in [3.63, 3.8) is 0 Å². The summed E-state index contributed by atoms with van der Waals surface area (Å²) < 4.78 is 0. The van der Waals surface area contributed by atoms with Crippen LogP contribution in [0.1, 0.15) is 22.3 Å². The predicted molar refractivity (Wildman–Crippen MR) is 93.3 cm³/mol. The number of nitrogens with zero attached hydrogens (tertiary/aromatic N) is 1. The van der Waals surface area contributed by atoms with Crippen molar-refractivity contribution in [1.82, 2.24) is 0 Å². The molecule has 0 saturated heterocycles. The Labute approximate surface area is 145 Å². The Balaban J connectivity index is 2.03. The molecule has 24 heavy (non-hydrogen) atoms. The summed E-state index contributed by atoms with van der Waals surface area (Å²) >= 11 is 6.03. The quantitative estimate of drug-likeness (QED) is 0.670. The Morgan fingerprint density at radius 1 is 1.25 bits per heavy atom. The molecule has 5 heteroatoms. The summed E-state index contributed by atoms with van der Waals surface area (Å²) in [5.74, 6) is -0.846. The second kappa shape index (κ2) is 6.23. The highest BCUT2D eigenvalue weighted by Gasteiger charge is 2.50. The molecular weight excluding hydrogens is 326 g/mol. The highest BCUT2D eigenvalue weighted by Crippen LogP contribution is 2.44. The van der Waals surface area contributed by atoms with E-state index in [9.17, 15) is 14.7 Å². The zero-order valence-corrected chi connectivity index (χ0v) is 13.7. The first-order valence-electron chi connectivity index (χ1n) is 7.51. The maximum absolute atomic E-state index is 12.8. The number of hydrogen-bond acceptors (Lipinski definition) is 3. The lowest BCUT2D eigenvalue weighted by Gasteiger charge is -2.22. The van der Waals surface area contributed by atoms with Gasteiger partial charge in [-0.2, -0.15) is 0 Å². The molecule has 0 bridgehead atoms. The molecule has 4 nitrogen and oxygen atoms in total. The standard InChI is InChI=1S/C19H16ClNO3/c1-2-10-21-16-9-8-14(20)11-15(16)19(24,18(21)23)12-17(22)13-6-4-3-5-7-13/h2-9,11,24H,1,10,12H2/t19-/m1/s1. The van der Waals surface area contributed by atoms with Gasteiger partial charge in [-0.25, -0.2) is 0 Å². The van der Waals surface area contributed by atoms with Gasteiger partial charge in [-0.15, -0.1) is 6.58 Å². The lowest BCUT2D eigenvalue weighted by Crippen LogP contribution is -2.41. The molecule has 2 aromatic rings. The van der Waals surface area contributed by atoms with E-state index in [1.54, 1.807) is 48.5 Å². The fourth-order valence-corrected chi connectivity index (χ4v) is 3.13. The molecule has 0 aromatic heterocycles. The lowest BCUT2D eigenvalue weighted by molar-refractivity contribution is -0.135. The SMILES string of the molecule is C=CCN1C(=O)[C@@](O)(CC(=O)c2ccccc2)c2cc(Cl)ccc21. The topological polar surface area (TPSA) is 57.6 Å². The largest absolute Gasteiger partial charge is 0.375 e. The van der Waals surface area contributed by atoms with E-state index in [0.29, 0.717) is 21.8 Å². The summed E-state index contributed by atoms with van der Waals surface area (Å²) in [5.41, 5.74) is -0.570. The van der Waals surface area contributed by atoms with Crippen molar-refractivity contribution in [2.45, 2.75) is 12.0 Å². The molecule has 0 spiro atoms. The van der Waals surface area contributed by atoms with Crippen molar-refractivity contribution in [3.05, 3.63) is 77.3 Å². The Bertz CT molecular complexity index is 819. The van der Waals surface area contributed by atoms with Crippen LogP contribution < -0.4 is 4.90 Å². The molecule has 1 aliphatic heterocycles. The van der Waals surface area contributed by atoms with Crippen LogP contribution in [0.15, 0.2) is 61.2 Å². The molecule has 0 aliphatic carbocycles. The first-order chi connectivity index (χ1) is 11.5. The summed E-state index contributed by atoms with van der Waals surface area (Å²) in [6.45, 7) is 3.88. The highest BCUT2D eigenvalue weighted by atomic mass is 35.5. The van der Waals surface area contributed by atoms with Gasteiger partial charge in [0.05, 0.1) is 12.1 Å². The fraction of sp³-hybridized carbons (Fsp3) is 0.158. The minimum absolute atomic E-state index is 0.245. The van der Waals surface area contributed by atoms with Gasteiger partial charge in [0.1, 0.15) is 0 Å². The Morgan fingerprint density at radius 2 is 1.96 bits per heavy atom. The van der Waals surface area contributed by atoms with E-state index in [2.05, 4.69) is 6.58 Å². The number of benzene rings is 2. The molecule has 1 heterocycles. The predicted octanol–water partition coefficient (Wildman–Crippen LogP) is 3.33. The normalized spacial score (nSPS) is 19.2. The molecule has 1 atom stereocenters. The molecule has 3 rings (SSSR count). The van der Waals surface area contributed by atoms with Crippen molar-refractivity contribution >= 4 is 29.0 Å². The van der Waals surface area contributed by atoms with Crippen LogP contribution >= 0.6 is 11.6 Å². The number of fused-ring (bicyclic) bond motifs is 1. The van der Waals surface area contributed by atoms with Gasteiger partial charge in [0.15, 0.2) is 11.4 Å². The number of ketones is 1. The monoisotopic (exact) mass is 341 g/mol. The number of hydrogen-bond donors (Lipinski definition) is 1. The first kappa shape index (κ1) is 16.4. The van der Waals surface area contributed by atoms with Gasteiger partial charge in [-0.05, 0) is 18.2 Å². The molecule has 2 aromatic carbocycles. The second-order valence-corrected chi connectivity index (χ2v) is 6.13.